The van der Waals surface area contributed by atoms with Gasteiger partial charge in [0, 0.05) is 13.6 Å². The summed E-state index contributed by atoms with van der Waals surface area (Å²) in [4.78, 5) is 33.3. The van der Waals surface area contributed by atoms with E-state index in [0.29, 0.717) is 4.90 Å². The summed E-state index contributed by atoms with van der Waals surface area (Å²) in [6, 6.07) is -2.60. The summed E-state index contributed by atoms with van der Waals surface area (Å²) in [7, 11) is 1.07. The van der Waals surface area contributed by atoms with Gasteiger partial charge in [0.1, 0.15) is 6.04 Å². The van der Waals surface area contributed by atoms with E-state index in [1.54, 1.807) is 0 Å². The van der Waals surface area contributed by atoms with Crippen molar-refractivity contribution in [2.75, 3.05) is 13.6 Å². The smallest absolute Gasteiger partial charge is 0.390 e. The molecule has 0 rings (SSSR count). The van der Waals surface area contributed by atoms with Crippen LogP contribution >= 0.6 is 0 Å². The molecule has 110 valence electrons. The van der Waals surface area contributed by atoms with E-state index >= 15 is 0 Å². The van der Waals surface area contributed by atoms with Gasteiger partial charge in [-0.2, -0.15) is 13.2 Å². The van der Waals surface area contributed by atoms with E-state index in [2.05, 4.69) is 0 Å². The molecule has 0 radical (unpaired) electrons. The first-order chi connectivity index (χ1) is 8.53. The molecule has 3 amide bonds. The highest BCUT2D eigenvalue weighted by Crippen LogP contribution is 2.19. The standard InChI is InChI=1S/C9H14F3N3O4/c1-15(3-2-9(10,11)12)8(19)14-5(7(17)18)4-6(13)16/h5H,2-4H2,1H3,(H2,13,16)(H,14,19)(H,17,18)/t5-/m1/s1. The van der Waals surface area contributed by atoms with Crippen LogP contribution < -0.4 is 11.1 Å². The van der Waals surface area contributed by atoms with Crippen LogP contribution in [-0.2, 0) is 9.59 Å². The van der Waals surface area contributed by atoms with Crippen molar-refractivity contribution in [1.82, 2.24) is 10.2 Å². The largest absolute Gasteiger partial charge is 0.480 e. The summed E-state index contributed by atoms with van der Waals surface area (Å²) >= 11 is 0. The van der Waals surface area contributed by atoms with Gasteiger partial charge < -0.3 is 21.1 Å². The summed E-state index contributed by atoms with van der Waals surface area (Å²) < 4.78 is 35.8. The van der Waals surface area contributed by atoms with Gasteiger partial charge in [0.05, 0.1) is 12.8 Å². The van der Waals surface area contributed by atoms with Crippen molar-refractivity contribution in [2.24, 2.45) is 5.73 Å². The highest BCUT2D eigenvalue weighted by Gasteiger charge is 2.29. The quantitative estimate of drug-likeness (QED) is 0.633. The fraction of sp³-hybridized carbons (Fsp3) is 0.667. The van der Waals surface area contributed by atoms with E-state index in [9.17, 15) is 27.6 Å². The van der Waals surface area contributed by atoms with Crippen LogP contribution in [0, 0.1) is 0 Å². The molecule has 0 heterocycles. The van der Waals surface area contributed by atoms with Gasteiger partial charge in [0.15, 0.2) is 0 Å². The number of hydrogen-bond donors (Lipinski definition) is 3. The molecule has 7 nitrogen and oxygen atoms in total. The number of hydrogen-bond acceptors (Lipinski definition) is 3. The van der Waals surface area contributed by atoms with Crippen molar-refractivity contribution in [3.8, 4) is 0 Å². The summed E-state index contributed by atoms with van der Waals surface area (Å²) in [5.41, 5.74) is 4.78. The average molecular weight is 285 g/mol. The van der Waals surface area contributed by atoms with E-state index in [4.69, 9.17) is 10.8 Å². The third-order valence-electron chi connectivity index (χ3n) is 2.08. The SMILES string of the molecule is CN(CCC(F)(F)F)C(=O)N[C@H](CC(N)=O)C(=O)O. The molecule has 0 saturated heterocycles. The Kier molecular flexibility index (Phi) is 6.09. The first kappa shape index (κ1) is 17.0. The van der Waals surface area contributed by atoms with Crippen LogP contribution in [0.5, 0.6) is 0 Å². The van der Waals surface area contributed by atoms with E-state index in [1.165, 1.54) is 0 Å². The lowest BCUT2D eigenvalue weighted by Crippen LogP contribution is -2.48. The molecule has 19 heavy (non-hydrogen) atoms. The summed E-state index contributed by atoms with van der Waals surface area (Å²) in [6.45, 7) is -0.627. The van der Waals surface area contributed by atoms with Crippen molar-refractivity contribution < 1.29 is 32.7 Å². The van der Waals surface area contributed by atoms with Gasteiger partial charge in [0.25, 0.3) is 0 Å². The number of rotatable bonds is 6. The molecule has 0 aromatic carbocycles. The molecule has 0 fully saturated rings. The summed E-state index contributed by atoms with van der Waals surface area (Å²) in [5.74, 6) is -2.46. The first-order valence-corrected chi connectivity index (χ1v) is 5.12. The average Bonchev–Trinajstić information content (AvgIpc) is 2.22. The number of nitrogens with zero attached hydrogens (tertiary/aromatic N) is 1. The van der Waals surface area contributed by atoms with Gasteiger partial charge in [-0.05, 0) is 0 Å². The molecule has 0 bridgehead atoms. The Morgan fingerprint density at radius 3 is 2.26 bits per heavy atom. The van der Waals surface area contributed by atoms with Crippen LogP contribution in [0.1, 0.15) is 12.8 Å². The lowest BCUT2D eigenvalue weighted by Gasteiger charge is -2.21. The number of nitrogens with one attached hydrogen (secondary N) is 1. The predicted octanol–water partition coefficient (Wildman–Crippen LogP) is -0.0912. The zero-order valence-electron chi connectivity index (χ0n) is 10.0. The predicted molar refractivity (Wildman–Crippen MR) is 57.1 cm³/mol. The molecule has 0 saturated carbocycles. The van der Waals surface area contributed by atoms with Gasteiger partial charge in [-0.25, -0.2) is 9.59 Å². The van der Waals surface area contributed by atoms with Crippen molar-refractivity contribution in [3.05, 3.63) is 0 Å². The maximum Gasteiger partial charge on any atom is 0.390 e. The number of carboxylic acids is 1. The van der Waals surface area contributed by atoms with Gasteiger partial charge in [-0.15, -0.1) is 0 Å². The monoisotopic (exact) mass is 285 g/mol. The van der Waals surface area contributed by atoms with Crippen LogP contribution in [0.4, 0.5) is 18.0 Å². The van der Waals surface area contributed by atoms with Gasteiger partial charge in [-0.3, -0.25) is 4.79 Å². The Balaban J connectivity index is 4.39. The van der Waals surface area contributed by atoms with E-state index in [-0.39, 0.29) is 0 Å². The van der Waals surface area contributed by atoms with E-state index in [1.807, 2.05) is 5.32 Å². The second kappa shape index (κ2) is 6.81. The molecular formula is C9H14F3N3O4. The van der Waals surface area contributed by atoms with Crippen molar-refractivity contribution in [2.45, 2.75) is 25.1 Å². The Hall–Kier alpha value is -2.00. The van der Waals surface area contributed by atoms with Crippen LogP contribution in [0.25, 0.3) is 0 Å². The van der Waals surface area contributed by atoms with Crippen LogP contribution in [0.15, 0.2) is 0 Å². The van der Waals surface area contributed by atoms with Crippen molar-refractivity contribution >= 4 is 17.9 Å². The maximum atomic E-state index is 11.9. The molecule has 4 N–H and O–H groups in total. The van der Waals surface area contributed by atoms with Gasteiger partial charge in [-0.1, -0.05) is 0 Å². The Bertz CT molecular complexity index is 359. The number of urea groups is 1. The molecule has 1 atom stereocenters. The number of amides is 3. The minimum atomic E-state index is -4.42. The Labute approximate surface area is 106 Å². The number of halogens is 3. The number of carbonyl (C=O) groups is 3. The van der Waals surface area contributed by atoms with Gasteiger partial charge >= 0.3 is 18.2 Å². The van der Waals surface area contributed by atoms with Crippen molar-refractivity contribution in [3.63, 3.8) is 0 Å². The van der Waals surface area contributed by atoms with E-state index < -0.39 is 49.5 Å². The van der Waals surface area contributed by atoms with Gasteiger partial charge in [0.2, 0.25) is 5.91 Å². The molecule has 0 aliphatic carbocycles. The second-order valence-corrected chi connectivity index (χ2v) is 3.80. The normalized spacial score (nSPS) is 12.6. The number of carboxylic acid groups (broad SMARTS) is 1. The topological polar surface area (TPSA) is 113 Å². The lowest BCUT2D eigenvalue weighted by molar-refractivity contribution is -0.141. The number of primary amides is 1. The molecule has 0 spiro atoms. The summed E-state index contributed by atoms with van der Waals surface area (Å²) in [5, 5.41) is 10.6. The zero-order chi connectivity index (χ0) is 15.2. The molecule has 0 aliphatic heterocycles. The Morgan fingerprint density at radius 2 is 1.89 bits per heavy atom. The van der Waals surface area contributed by atoms with Crippen LogP contribution in [0.2, 0.25) is 0 Å². The molecule has 0 aromatic rings. The molecule has 0 aromatic heterocycles. The van der Waals surface area contributed by atoms with E-state index in [0.717, 1.165) is 7.05 Å². The van der Waals surface area contributed by atoms with Crippen LogP contribution in [0.3, 0.4) is 0 Å². The molecule has 0 aliphatic rings. The van der Waals surface area contributed by atoms with Crippen molar-refractivity contribution in [1.29, 1.82) is 0 Å². The number of aliphatic carboxylic acids is 1. The minimum Gasteiger partial charge on any atom is -0.480 e. The lowest BCUT2D eigenvalue weighted by atomic mass is 10.2. The number of alkyl halides is 3. The zero-order valence-corrected chi connectivity index (χ0v) is 10.0. The maximum absolute atomic E-state index is 11.9. The first-order valence-electron chi connectivity index (χ1n) is 5.12. The molecule has 0 unspecified atom stereocenters. The minimum absolute atomic E-state index is 0.627. The Morgan fingerprint density at radius 1 is 1.37 bits per heavy atom. The molecular weight excluding hydrogens is 271 g/mol. The highest BCUT2D eigenvalue weighted by atomic mass is 19.4. The molecule has 10 heteroatoms. The highest BCUT2D eigenvalue weighted by molar-refractivity contribution is 5.87. The second-order valence-electron chi connectivity index (χ2n) is 3.80. The fourth-order valence-electron chi connectivity index (χ4n) is 1.06. The number of nitrogens with two attached hydrogens (primary N) is 1. The number of carbonyl (C=O) groups excluding carboxylic acids is 2. The summed E-state index contributed by atoms with van der Waals surface area (Å²) in [6.07, 6.45) is -6.29. The fourth-order valence-corrected chi connectivity index (χ4v) is 1.06. The van der Waals surface area contributed by atoms with Crippen LogP contribution in [-0.4, -0.2) is 53.7 Å². The third kappa shape index (κ3) is 7.84. The third-order valence-corrected chi connectivity index (χ3v) is 2.08.